The van der Waals surface area contributed by atoms with E-state index in [9.17, 15) is 13.6 Å². The molecule has 3 N–H and O–H groups in total. The molecule has 6 nitrogen and oxygen atoms in total. The fraction of sp³-hybridized carbons (Fsp3) is 0.500. The Kier molecular flexibility index (Phi) is 4.70. The molecule has 0 radical (unpaired) electrons. The van der Waals surface area contributed by atoms with Gasteiger partial charge in [0.05, 0.1) is 37.8 Å². The number of carbonyl (C=O) groups excluding carboxylic acids is 1. The van der Waals surface area contributed by atoms with Crippen LogP contribution in [-0.4, -0.2) is 45.4 Å². The van der Waals surface area contributed by atoms with Crippen molar-refractivity contribution in [1.82, 2.24) is 0 Å². The molecular weight excluding hydrogens is 298 g/mol. The van der Waals surface area contributed by atoms with Crippen LogP contribution < -0.4 is 15.8 Å². The average molecular weight is 316 g/mol. The maximum Gasteiger partial charge on any atom is 0.338 e. The second kappa shape index (κ2) is 6.35. The monoisotopic (exact) mass is 316 g/mol. The second-order valence-corrected chi connectivity index (χ2v) is 4.88. The van der Waals surface area contributed by atoms with Crippen molar-refractivity contribution in [2.75, 3.05) is 38.4 Å². The molecule has 0 amide bonds. The molecule has 0 heterocycles. The lowest BCUT2D eigenvalue weighted by Crippen LogP contribution is -2.15. The van der Waals surface area contributed by atoms with Gasteiger partial charge in [-0.3, -0.25) is 0 Å². The number of ether oxygens (including phenoxy) is 3. The quantitative estimate of drug-likeness (QED) is 0.454. The number of anilines is 2. The molecule has 1 aliphatic carbocycles. The summed E-state index contributed by atoms with van der Waals surface area (Å²) in [5.74, 6) is -2.91. The molecule has 22 heavy (non-hydrogen) atoms. The number of benzene rings is 1. The van der Waals surface area contributed by atoms with Crippen LogP contribution in [0.5, 0.6) is 5.75 Å². The van der Waals surface area contributed by atoms with Crippen molar-refractivity contribution in [3.8, 4) is 5.75 Å². The molecule has 1 aromatic carbocycles. The van der Waals surface area contributed by atoms with Crippen LogP contribution in [0, 0.1) is 0 Å². The van der Waals surface area contributed by atoms with Crippen molar-refractivity contribution in [3.63, 3.8) is 0 Å². The molecule has 1 saturated carbocycles. The van der Waals surface area contributed by atoms with E-state index in [-0.39, 0.29) is 25.1 Å². The van der Waals surface area contributed by atoms with Gasteiger partial charge in [0.25, 0.3) is 5.92 Å². The van der Waals surface area contributed by atoms with Crippen LogP contribution in [0.25, 0.3) is 0 Å². The van der Waals surface area contributed by atoms with Crippen molar-refractivity contribution >= 4 is 17.3 Å². The lowest BCUT2D eigenvalue weighted by molar-refractivity contribution is 0.0169. The summed E-state index contributed by atoms with van der Waals surface area (Å²) in [6.45, 7) is 0.370. The van der Waals surface area contributed by atoms with E-state index < -0.39 is 18.0 Å². The molecule has 8 heteroatoms. The molecule has 1 fully saturated rings. The predicted molar refractivity (Wildman–Crippen MR) is 76.5 cm³/mol. The van der Waals surface area contributed by atoms with Crippen molar-refractivity contribution in [3.05, 3.63) is 17.7 Å². The van der Waals surface area contributed by atoms with Gasteiger partial charge in [0.15, 0.2) is 0 Å². The number of carbonyl (C=O) groups is 1. The lowest BCUT2D eigenvalue weighted by Gasteiger charge is -2.14. The van der Waals surface area contributed by atoms with Crippen LogP contribution in [-0.2, 0) is 9.47 Å². The smallest absolute Gasteiger partial charge is 0.338 e. The molecular formula is C14H18F2N2O4. The highest BCUT2D eigenvalue weighted by molar-refractivity contribution is 5.93. The van der Waals surface area contributed by atoms with E-state index in [0.717, 1.165) is 0 Å². The predicted octanol–water partition coefficient (Wildman–Crippen LogP) is 1.90. The van der Waals surface area contributed by atoms with E-state index >= 15 is 0 Å². The molecule has 122 valence electrons. The molecule has 0 bridgehead atoms. The van der Waals surface area contributed by atoms with E-state index in [0.29, 0.717) is 17.1 Å². The summed E-state index contributed by atoms with van der Waals surface area (Å²) < 4.78 is 40.1. The van der Waals surface area contributed by atoms with Crippen LogP contribution in [0.15, 0.2) is 12.1 Å². The number of nitrogens with one attached hydrogen (secondary N) is 1. The fourth-order valence-corrected chi connectivity index (χ4v) is 1.93. The summed E-state index contributed by atoms with van der Waals surface area (Å²) in [5.41, 5.74) is 6.93. The Morgan fingerprint density at radius 3 is 2.68 bits per heavy atom. The normalized spacial score (nSPS) is 18.6. The number of esters is 1. The van der Waals surface area contributed by atoms with Crippen molar-refractivity contribution in [1.29, 1.82) is 0 Å². The van der Waals surface area contributed by atoms with Gasteiger partial charge in [-0.2, -0.15) is 0 Å². The standard InChI is InChI=1S/C14H18F2N2O4/c1-20-10-6-8(13(19)21-2)5-9(12(10)17)18-3-4-22-11-7-14(11,15)16/h5-6,11,18H,3-4,7,17H2,1-2H3. The highest BCUT2D eigenvalue weighted by Crippen LogP contribution is 2.44. The molecule has 0 aromatic heterocycles. The maximum absolute atomic E-state index is 12.7. The van der Waals surface area contributed by atoms with Gasteiger partial charge in [-0.15, -0.1) is 0 Å². The largest absolute Gasteiger partial charge is 0.494 e. The second-order valence-electron chi connectivity index (χ2n) is 4.88. The van der Waals surface area contributed by atoms with E-state index in [4.69, 9.17) is 15.2 Å². The third-order valence-corrected chi connectivity index (χ3v) is 3.29. The van der Waals surface area contributed by atoms with Gasteiger partial charge < -0.3 is 25.3 Å². The first-order valence-corrected chi connectivity index (χ1v) is 6.68. The zero-order chi connectivity index (χ0) is 16.3. The summed E-state index contributed by atoms with van der Waals surface area (Å²) in [4.78, 5) is 11.6. The molecule has 1 atom stereocenters. The molecule has 2 rings (SSSR count). The van der Waals surface area contributed by atoms with Crippen molar-refractivity contribution in [2.45, 2.75) is 18.4 Å². The Labute approximate surface area is 126 Å². The molecule has 1 unspecified atom stereocenters. The number of halogens is 2. The van der Waals surface area contributed by atoms with Gasteiger partial charge in [-0.05, 0) is 12.1 Å². The number of hydrogen-bond donors (Lipinski definition) is 2. The molecule has 0 aliphatic heterocycles. The summed E-state index contributed by atoms with van der Waals surface area (Å²) in [6.07, 6.45) is -1.23. The number of nitrogen functional groups attached to an aromatic ring is 1. The van der Waals surface area contributed by atoms with Crippen molar-refractivity contribution < 1.29 is 27.8 Å². The molecule has 1 aromatic rings. The minimum Gasteiger partial charge on any atom is -0.494 e. The number of rotatable bonds is 7. The topological polar surface area (TPSA) is 82.8 Å². The van der Waals surface area contributed by atoms with Gasteiger partial charge in [-0.1, -0.05) is 0 Å². The Hall–Kier alpha value is -2.09. The average Bonchev–Trinajstić information content (AvgIpc) is 3.11. The molecule has 0 spiro atoms. The third-order valence-electron chi connectivity index (χ3n) is 3.29. The van der Waals surface area contributed by atoms with Gasteiger partial charge in [-0.25, -0.2) is 13.6 Å². The minimum atomic E-state index is -2.70. The first-order chi connectivity index (χ1) is 10.4. The Morgan fingerprint density at radius 2 is 2.14 bits per heavy atom. The Balaban J connectivity index is 1.98. The van der Waals surface area contributed by atoms with E-state index in [2.05, 4.69) is 10.1 Å². The molecule has 1 aliphatic rings. The van der Waals surface area contributed by atoms with Gasteiger partial charge in [0.1, 0.15) is 11.9 Å². The van der Waals surface area contributed by atoms with Crippen LogP contribution >= 0.6 is 0 Å². The number of hydrogen-bond acceptors (Lipinski definition) is 6. The van der Waals surface area contributed by atoms with Crippen LogP contribution in [0.3, 0.4) is 0 Å². The van der Waals surface area contributed by atoms with E-state index in [1.54, 1.807) is 0 Å². The minimum absolute atomic E-state index is 0.102. The van der Waals surface area contributed by atoms with Crippen LogP contribution in [0.4, 0.5) is 20.2 Å². The fourth-order valence-electron chi connectivity index (χ4n) is 1.93. The van der Waals surface area contributed by atoms with Gasteiger partial charge >= 0.3 is 5.97 Å². The summed E-state index contributed by atoms with van der Waals surface area (Å²) in [5, 5.41) is 2.93. The molecule has 0 saturated heterocycles. The number of methoxy groups -OCH3 is 2. The zero-order valence-corrected chi connectivity index (χ0v) is 12.3. The van der Waals surface area contributed by atoms with Gasteiger partial charge in [0, 0.05) is 13.0 Å². The summed E-state index contributed by atoms with van der Waals surface area (Å²) >= 11 is 0. The van der Waals surface area contributed by atoms with Crippen molar-refractivity contribution in [2.24, 2.45) is 0 Å². The first kappa shape index (κ1) is 16.3. The summed E-state index contributed by atoms with van der Waals surface area (Å²) in [7, 11) is 2.69. The SMILES string of the molecule is COC(=O)c1cc(NCCOC2CC2(F)F)c(N)c(OC)c1. The number of nitrogens with two attached hydrogens (primary N) is 1. The number of alkyl halides is 2. The summed E-state index contributed by atoms with van der Waals surface area (Å²) in [6, 6.07) is 2.98. The first-order valence-electron chi connectivity index (χ1n) is 6.68. The zero-order valence-electron chi connectivity index (χ0n) is 12.3. The van der Waals surface area contributed by atoms with E-state index in [1.807, 2.05) is 0 Å². The maximum atomic E-state index is 12.7. The highest BCUT2D eigenvalue weighted by Gasteiger charge is 2.58. The highest BCUT2D eigenvalue weighted by atomic mass is 19.3. The Bertz CT molecular complexity index is 566. The van der Waals surface area contributed by atoms with Crippen LogP contribution in [0.2, 0.25) is 0 Å². The lowest BCUT2D eigenvalue weighted by atomic mass is 10.1. The van der Waals surface area contributed by atoms with E-state index in [1.165, 1.54) is 26.4 Å². The van der Waals surface area contributed by atoms with Crippen LogP contribution in [0.1, 0.15) is 16.8 Å². The third kappa shape index (κ3) is 3.56. The Morgan fingerprint density at radius 1 is 1.45 bits per heavy atom. The van der Waals surface area contributed by atoms with Gasteiger partial charge in [0.2, 0.25) is 0 Å².